The molecule has 1 fully saturated rings. The fourth-order valence-corrected chi connectivity index (χ4v) is 5.27. The Morgan fingerprint density at radius 1 is 1.09 bits per heavy atom. The molecule has 0 saturated heterocycles. The minimum Gasteiger partial charge on any atom is -0.321 e. The quantitative estimate of drug-likeness (QED) is 0.426. The van der Waals surface area contributed by atoms with E-state index in [2.05, 4.69) is 62.7 Å². The van der Waals surface area contributed by atoms with Crippen molar-refractivity contribution >= 4 is 10.9 Å². The maximum absolute atomic E-state index is 13.5. The van der Waals surface area contributed by atoms with E-state index in [-0.39, 0.29) is 17.6 Å². The first-order chi connectivity index (χ1) is 16.7. The molecule has 1 saturated carbocycles. The fourth-order valence-electron chi connectivity index (χ4n) is 5.27. The summed E-state index contributed by atoms with van der Waals surface area (Å²) in [6.07, 6.45) is 5.78. The number of fused-ring (bicyclic) bond motifs is 1. The van der Waals surface area contributed by atoms with Gasteiger partial charge >= 0.3 is 0 Å². The normalized spacial score (nSPS) is 15.7. The van der Waals surface area contributed by atoms with Crippen LogP contribution in [0.15, 0.2) is 59.4 Å². The first-order valence-corrected chi connectivity index (χ1v) is 12.3. The summed E-state index contributed by atoms with van der Waals surface area (Å²) in [6.45, 7) is 5.60. The van der Waals surface area contributed by atoms with E-state index in [1.807, 2.05) is 35.9 Å². The molecule has 0 unspecified atom stereocenters. The Hall–Kier alpha value is -3.32. The molecule has 1 N–H and O–H groups in total. The number of tetrazole rings is 1. The topological polar surface area (TPSA) is 79.7 Å². The van der Waals surface area contributed by atoms with Gasteiger partial charge in [-0.15, -0.1) is 5.10 Å². The van der Waals surface area contributed by atoms with Gasteiger partial charge in [0.25, 0.3) is 5.56 Å². The highest BCUT2D eigenvalue weighted by molar-refractivity contribution is 5.82. The molecule has 1 atom stereocenters. The van der Waals surface area contributed by atoms with E-state index in [0.29, 0.717) is 12.1 Å². The largest absolute Gasteiger partial charge is 0.321 e. The predicted molar refractivity (Wildman–Crippen MR) is 134 cm³/mol. The summed E-state index contributed by atoms with van der Waals surface area (Å²) >= 11 is 0. The van der Waals surface area contributed by atoms with E-state index in [0.717, 1.165) is 41.7 Å². The summed E-state index contributed by atoms with van der Waals surface area (Å²) in [5.74, 6) is 0.752. The zero-order chi connectivity index (χ0) is 23.5. The van der Waals surface area contributed by atoms with Gasteiger partial charge in [0.1, 0.15) is 6.04 Å². The van der Waals surface area contributed by atoms with Crippen molar-refractivity contribution in [2.75, 3.05) is 6.54 Å². The van der Waals surface area contributed by atoms with Gasteiger partial charge in [-0.05, 0) is 59.3 Å². The lowest BCUT2D eigenvalue weighted by Crippen LogP contribution is -2.35. The van der Waals surface area contributed by atoms with Crippen LogP contribution in [0.5, 0.6) is 0 Å². The van der Waals surface area contributed by atoms with Crippen LogP contribution in [-0.2, 0) is 6.54 Å². The highest BCUT2D eigenvalue weighted by Gasteiger charge is 2.32. The lowest BCUT2D eigenvalue weighted by atomic mass is 9.95. The van der Waals surface area contributed by atoms with Crippen molar-refractivity contribution in [2.45, 2.75) is 64.6 Å². The summed E-state index contributed by atoms with van der Waals surface area (Å²) < 4.78 is 2.00. The maximum Gasteiger partial charge on any atom is 0.253 e. The third kappa shape index (κ3) is 4.40. The number of H-pyrrole nitrogens is 1. The number of nitrogens with zero attached hydrogens (tertiary/aromatic N) is 5. The van der Waals surface area contributed by atoms with Crippen LogP contribution < -0.4 is 5.56 Å². The number of hydrogen-bond donors (Lipinski definition) is 1. The standard InChI is InChI=1S/C27H32N6O/c1-3-32(18-20-12-6-4-7-13-20)25(26-29-30-31-33(26)22-15-8-5-9-16-22)23-17-21-14-10-11-19(2)24(21)28-27(23)34/h4,6-7,10-14,17,22,25H,3,5,8-9,15-16,18H2,1-2H3,(H,28,34)/t25-/m1/s1. The Balaban J connectivity index is 1.65. The molecule has 4 aromatic rings. The van der Waals surface area contributed by atoms with Crippen LogP contribution in [0.2, 0.25) is 0 Å². The first-order valence-electron chi connectivity index (χ1n) is 12.3. The molecular formula is C27H32N6O. The number of rotatable bonds is 7. The Kier molecular flexibility index (Phi) is 6.54. The highest BCUT2D eigenvalue weighted by Crippen LogP contribution is 2.33. The molecule has 0 aliphatic heterocycles. The van der Waals surface area contributed by atoms with Gasteiger partial charge in [-0.2, -0.15) is 0 Å². The molecule has 1 aliphatic rings. The molecule has 0 amide bonds. The van der Waals surface area contributed by atoms with Crippen LogP contribution in [0, 0.1) is 6.92 Å². The number of benzene rings is 2. The molecule has 7 nitrogen and oxygen atoms in total. The molecular weight excluding hydrogens is 424 g/mol. The Morgan fingerprint density at radius 2 is 1.88 bits per heavy atom. The summed E-state index contributed by atoms with van der Waals surface area (Å²) in [5, 5.41) is 14.1. The summed E-state index contributed by atoms with van der Waals surface area (Å²) in [5.41, 5.74) is 3.73. The minimum absolute atomic E-state index is 0.0866. The summed E-state index contributed by atoms with van der Waals surface area (Å²) in [7, 11) is 0. The van der Waals surface area contributed by atoms with Crippen molar-refractivity contribution in [1.82, 2.24) is 30.1 Å². The zero-order valence-corrected chi connectivity index (χ0v) is 19.9. The molecule has 1 aliphatic carbocycles. The van der Waals surface area contributed by atoms with Crippen molar-refractivity contribution in [2.24, 2.45) is 0 Å². The SMILES string of the molecule is CCN(Cc1ccccc1)[C@H](c1cc2cccc(C)c2[nH]c1=O)c1nnnn1C1CCCCC1. The number of nitrogens with one attached hydrogen (secondary N) is 1. The van der Waals surface area contributed by atoms with E-state index in [1.54, 1.807) is 0 Å². The van der Waals surface area contributed by atoms with E-state index < -0.39 is 0 Å². The molecule has 2 heterocycles. The van der Waals surface area contributed by atoms with Crippen LogP contribution >= 0.6 is 0 Å². The molecule has 0 radical (unpaired) electrons. The van der Waals surface area contributed by atoms with Crippen LogP contribution in [0.3, 0.4) is 0 Å². The molecule has 5 rings (SSSR count). The van der Waals surface area contributed by atoms with Gasteiger partial charge in [-0.3, -0.25) is 9.69 Å². The van der Waals surface area contributed by atoms with Gasteiger partial charge in [-0.1, -0.05) is 74.7 Å². The molecule has 0 spiro atoms. The number of hydrogen-bond acceptors (Lipinski definition) is 5. The van der Waals surface area contributed by atoms with Gasteiger partial charge in [0, 0.05) is 12.1 Å². The average molecular weight is 457 g/mol. The van der Waals surface area contributed by atoms with Crippen LogP contribution in [0.1, 0.15) is 73.6 Å². The van der Waals surface area contributed by atoms with Crippen molar-refractivity contribution in [3.05, 3.63) is 87.5 Å². The van der Waals surface area contributed by atoms with E-state index in [1.165, 1.54) is 24.8 Å². The monoisotopic (exact) mass is 456 g/mol. The fraction of sp³-hybridized carbons (Fsp3) is 0.407. The Morgan fingerprint density at radius 3 is 2.65 bits per heavy atom. The van der Waals surface area contributed by atoms with E-state index in [9.17, 15) is 4.79 Å². The zero-order valence-electron chi connectivity index (χ0n) is 19.9. The molecule has 7 heteroatoms. The third-order valence-electron chi connectivity index (χ3n) is 7.09. The average Bonchev–Trinajstić information content (AvgIpc) is 3.35. The van der Waals surface area contributed by atoms with Crippen LogP contribution in [-0.4, -0.2) is 36.6 Å². The van der Waals surface area contributed by atoms with Crippen molar-refractivity contribution in [3.63, 3.8) is 0 Å². The second-order valence-electron chi connectivity index (χ2n) is 9.32. The van der Waals surface area contributed by atoms with Gasteiger partial charge < -0.3 is 4.98 Å². The summed E-state index contributed by atoms with van der Waals surface area (Å²) in [4.78, 5) is 19.0. The maximum atomic E-state index is 13.5. The number of aromatic amines is 1. The predicted octanol–water partition coefficient (Wildman–Crippen LogP) is 4.94. The minimum atomic E-state index is -0.351. The highest BCUT2D eigenvalue weighted by atomic mass is 16.1. The van der Waals surface area contributed by atoms with Gasteiger partial charge in [0.15, 0.2) is 5.82 Å². The van der Waals surface area contributed by atoms with Crippen LogP contribution in [0.25, 0.3) is 10.9 Å². The molecule has 0 bridgehead atoms. The number of pyridine rings is 1. The first kappa shape index (κ1) is 22.5. The Bertz CT molecular complexity index is 1310. The molecule has 34 heavy (non-hydrogen) atoms. The number of para-hydroxylation sites is 1. The van der Waals surface area contributed by atoms with E-state index in [4.69, 9.17) is 0 Å². The van der Waals surface area contributed by atoms with Crippen molar-refractivity contribution in [1.29, 1.82) is 0 Å². The molecule has 2 aromatic heterocycles. The van der Waals surface area contributed by atoms with Crippen molar-refractivity contribution < 1.29 is 0 Å². The van der Waals surface area contributed by atoms with E-state index >= 15 is 0 Å². The summed E-state index contributed by atoms with van der Waals surface area (Å²) in [6, 6.07) is 18.4. The lowest BCUT2D eigenvalue weighted by Gasteiger charge is -2.32. The smallest absolute Gasteiger partial charge is 0.253 e. The lowest BCUT2D eigenvalue weighted by molar-refractivity contribution is 0.204. The van der Waals surface area contributed by atoms with Gasteiger partial charge in [0.2, 0.25) is 0 Å². The molecule has 176 valence electrons. The second kappa shape index (κ2) is 9.89. The molecule has 2 aromatic carbocycles. The van der Waals surface area contributed by atoms with Gasteiger partial charge in [0.05, 0.1) is 11.6 Å². The number of aryl methyl sites for hydroxylation is 1. The van der Waals surface area contributed by atoms with Crippen LogP contribution in [0.4, 0.5) is 0 Å². The number of aromatic nitrogens is 5. The van der Waals surface area contributed by atoms with Gasteiger partial charge in [-0.25, -0.2) is 4.68 Å². The third-order valence-corrected chi connectivity index (χ3v) is 7.09. The Labute approximate surface area is 199 Å². The van der Waals surface area contributed by atoms with Crippen molar-refractivity contribution in [3.8, 4) is 0 Å². The second-order valence-corrected chi connectivity index (χ2v) is 9.32.